The zero-order valence-corrected chi connectivity index (χ0v) is 17.1. The molecule has 7 nitrogen and oxygen atoms in total. The minimum atomic E-state index is -0.672. The van der Waals surface area contributed by atoms with Crippen LogP contribution in [0.2, 0.25) is 5.02 Å². The number of thioether (sulfide) groups is 1. The van der Waals surface area contributed by atoms with Gasteiger partial charge in [0.1, 0.15) is 5.82 Å². The molecule has 10 heteroatoms. The van der Waals surface area contributed by atoms with E-state index in [0.29, 0.717) is 10.7 Å². The molecule has 0 aliphatic rings. The molecule has 2 heterocycles. The number of anilines is 1. The lowest BCUT2D eigenvalue weighted by molar-refractivity contribution is -0.113. The first-order valence-corrected chi connectivity index (χ1v) is 10.6. The topological polar surface area (TPSA) is 96.8 Å². The minimum absolute atomic E-state index is 0.0657. The maximum absolute atomic E-state index is 12.5. The van der Waals surface area contributed by atoms with Crippen LogP contribution in [0.25, 0.3) is 15.9 Å². The van der Waals surface area contributed by atoms with Gasteiger partial charge in [-0.1, -0.05) is 41.6 Å². The van der Waals surface area contributed by atoms with Crippen molar-refractivity contribution in [3.05, 3.63) is 80.5 Å². The predicted octanol–water partition coefficient (Wildman–Crippen LogP) is 3.52. The molecule has 0 fully saturated rings. The highest BCUT2D eigenvalue weighted by Gasteiger charge is 2.13. The van der Waals surface area contributed by atoms with Crippen LogP contribution in [0.3, 0.4) is 0 Å². The number of halogens is 1. The summed E-state index contributed by atoms with van der Waals surface area (Å²) in [5.74, 6) is -0.220. The summed E-state index contributed by atoms with van der Waals surface area (Å²) < 4.78 is 2.99. The number of H-pyrrole nitrogens is 1. The van der Waals surface area contributed by atoms with Crippen LogP contribution in [0.4, 0.5) is 5.82 Å². The standard InChI is InChI=1S/C19H13ClN4O3S2/c20-11-4-3-5-12(8-11)24-15(9-16(25)23-18(24)27)22-17(26)10-28-19-21-13-6-1-2-7-14(13)29-19/h1-9H,10H2,(H,22,26)(H,23,25,27). The van der Waals surface area contributed by atoms with Gasteiger partial charge in [0, 0.05) is 11.1 Å². The Morgan fingerprint density at radius 1 is 1.17 bits per heavy atom. The van der Waals surface area contributed by atoms with Crippen LogP contribution < -0.4 is 16.6 Å². The molecule has 4 aromatic rings. The smallest absolute Gasteiger partial charge is 0.311 e. The van der Waals surface area contributed by atoms with Crippen molar-refractivity contribution in [3.63, 3.8) is 0 Å². The Labute approximate surface area is 177 Å². The van der Waals surface area contributed by atoms with Crippen molar-refractivity contribution >= 4 is 56.6 Å². The fraction of sp³-hybridized carbons (Fsp3) is 0.0526. The monoisotopic (exact) mass is 444 g/mol. The lowest BCUT2D eigenvalue weighted by Crippen LogP contribution is -2.32. The van der Waals surface area contributed by atoms with Crippen molar-refractivity contribution in [1.29, 1.82) is 0 Å². The number of hydrogen-bond acceptors (Lipinski definition) is 6. The number of aromatic nitrogens is 3. The van der Waals surface area contributed by atoms with Crippen molar-refractivity contribution < 1.29 is 4.79 Å². The lowest BCUT2D eigenvalue weighted by atomic mass is 10.3. The number of nitrogens with zero attached hydrogens (tertiary/aromatic N) is 2. The summed E-state index contributed by atoms with van der Waals surface area (Å²) >= 11 is 8.79. The Morgan fingerprint density at radius 3 is 2.79 bits per heavy atom. The van der Waals surface area contributed by atoms with Gasteiger partial charge in [0.15, 0.2) is 4.34 Å². The molecule has 2 aromatic carbocycles. The maximum Gasteiger partial charge on any atom is 0.334 e. The maximum atomic E-state index is 12.5. The van der Waals surface area contributed by atoms with Crippen LogP contribution in [0.1, 0.15) is 0 Å². The summed E-state index contributed by atoms with van der Waals surface area (Å²) in [6.45, 7) is 0. The van der Waals surface area contributed by atoms with E-state index in [1.807, 2.05) is 24.3 Å². The van der Waals surface area contributed by atoms with Crippen molar-refractivity contribution in [2.24, 2.45) is 0 Å². The van der Waals surface area contributed by atoms with Gasteiger partial charge in [0.2, 0.25) is 5.91 Å². The summed E-state index contributed by atoms with van der Waals surface area (Å²) in [6.07, 6.45) is 0. The molecule has 0 saturated heterocycles. The quantitative estimate of drug-likeness (QED) is 0.459. The van der Waals surface area contributed by atoms with E-state index < -0.39 is 11.2 Å². The number of amides is 1. The third-order valence-corrected chi connectivity index (χ3v) is 6.29. The molecule has 0 atom stereocenters. The van der Waals surface area contributed by atoms with E-state index in [2.05, 4.69) is 15.3 Å². The number of hydrogen-bond donors (Lipinski definition) is 2. The first-order valence-electron chi connectivity index (χ1n) is 8.40. The highest BCUT2D eigenvalue weighted by atomic mass is 35.5. The summed E-state index contributed by atoms with van der Waals surface area (Å²) in [5, 5.41) is 3.05. The summed E-state index contributed by atoms with van der Waals surface area (Å²) in [6, 6.07) is 15.4. The third kappa shape index (κ3) is 4.42. The number of fused-ring (bicyclic) bond motifs is 1. The lowest BCUT2D eigenvalue weighted by Gasteiger charge is -2.13. The van der Waals surface area contributed by atoms with E-state index >= 15 is 0 Å². The van der Waals surface area contributed by atoms with E-state index in [4.69, 9.17) is 11.6 Å². The molecule has 1 amide bonds. The normalized spacial score (nSPS) is 10.9. The molecule has 2 aromatic heterocycles. The van der Waals surface area contributed by atoms with Crippen molar-refractivity contribution in [2.45, 2.75) is 4.34 Å². The van der Waals surface area contributed by atoms with Crippen molar-refractivity contribution in [3.8, 4) is 5.69 Å². The number of carbonyl (C=O) groups excluding carboxylic acids is 1. The van der Waals surface area contributed by atoms with Gasteiger partial charge in [-0.3, -0.25) is 14.6 Å². The average molecular weight is 445 g/mol. The molecule has 0 aliphatic heterocycles. The first kappa shape index (κ1) is 19.4. The molecule has 0 aliphatic carbocycles. The largest absolute Gasteiger partial charge is 0.334 e. The highest BCUT2D eigenvalue weighted by molar-refractivity contribution is 8.01. The SMILES string of the molecule is O=C(CSc1nc2ccccc2s1)Nc1cc(=O)[nH]c(=O)n1-c1cccc(Cl)c1. The Hall–Kier alpha value is -2.88. The Kier molecular flexibility index (Phi) is 5.52. The Bertz CT molecular complexity index is 1300. The van der Waals surface area contributed by atoms with E-state index in [1.165, 1.54) is 27.7 Å². The molecule has 0 spiro atoms. The zero-order valence-electron chi connectivity index (χ0n) is 14.7. The molecule has 0 bridgehead atoms. The first-order chi connectivity index (χ1) is 14.0. The van der Waals surface area contributed by atoms with Gasteiger partial charge in [-0.15, -0.1) is 11.3 Å². The molecule has 0 saturated carbocycles. The van der Waals surface area contributed by atoms with E-state index in [-0.39, 0.29) is 17.5 Å². The van der Waals surface area contributed by atoms with Crippen molar-refractivity contribution in [2.75, 3.05) is 11.1 Å². The predicted molar refractivity (Wildman–Crippen MR) is 117 cm³/mol. The number of para-hydroxylation sites is 1. The van der Waals surface area contributed by atoms with Gasteiger partial charge in [-0.05, 0) is 30.3 Å². The number of rotatable bonds is 5. The van der Waals surface area contributed by atoms with Gasteiger partial charge >= 0.3 is 5.69 Å². The molecule has 0 radical (unpaired) electrons. The number of nitrogens with one attached hydrogen (secondary N) is 2. The second kappa shape index (κ2) is 8.24. The summed E-state index contributed by atoms with van der Waals surface area (Å²) in [4.78, 5) is 43.2. The number of aromatic amines is 1. The third-order valence-electron chi connectivity index (χ3n) is 3.88. The zero-order chi connectivity index (χ0) is 20.4. The summed E-state index contributed by atoms with van der Waals surface area (Å²) in [5.41, 5.74) is 0.0222. The van der Waals surface area contributed by atoms with E-state index in [9.17, 15) is 14.4 Å². The average Bonchev–Trinajstić information content (AvgIpc) is 3.09. The van der Waals surface area contributed by atoms with Crippen LogP contribution in [-0.4, -0.2) is 26.2 Å². The molecule has 4 rings (SSSR count). The molecular formula is C19H13ClN4O3S2. The minimum Gasteiger partial charge on any atom is -0.311 e. The van der Waals surface area contributed by atoms with Crippen LogP contribution in [-0.2, 0) is 4.79 Å². The van der Waals surface area contributed by atoms with Crippen LogP contribution >= 0.6 is 34.7 Å². The number of carbonyl (C=O) groups is 1. The molecule has 0 unspecified atom stereocenters. The van der Waals surface area contributed by atoms with Crippen LogP contribution in [0.5, 0.6) is 0 Å². The molecule has 2 N–H and O–H groups in total. The molecule has 29 heavy (non-hydrogen) atoms. The fourth-order valence-corrected chi connectivity index (χ4v) is 4.73. The molecular weight excluding hydrogens is 432 g/mol. The van der Waals surface area contributed by atoms with E-state index in [1.54, 1.807) is 24.3 Å². The highest BCUT2D eigenvalue weighted by Crippen LogP contribution is 2.29. The second-order valence-corrected chi connectivity index (χ2v) is 8.61. The Morgan fingerprint density at radius 2 is 2.00 bits per heavy atom. The molecule has 146 valence electrons. The van der Waals surface area contributed by atoms with E-state index in [0.717, 1.165) is 20.6 Å². The van der Waals surface area contributed by atoms with Gasteiger partial charge in [0.25, 0.3) is 5.56 Å². The van der Waals surface area contributed by atoms with Gasteiger partial charge in [-0.25, -0.2) is 14.3 Å². The Balaban J connectivity index is 1.56. The van der Waals surface area contributed by atoms with Crippen molar-refractivity contribution in [1.82, 2.24) is 14.5 Å². The number of thiazole rings is 1. The van der Waals surface area contributed by atoms with Crippen LogP contribution in [0.15, 0.2) is 68.5 Å². The number of benzene rings is 2. The van der Waals surface area contributed by atoms with Gasteiger partial charge < -0.3 is 5.32 Å². The second-order valence-electron chi connectivity index (χ2n) is 5.92. The van der Waals surface area contributed by atoms with Gasteiger partial charge in [0.05, 0.1) is 21.7 Å². The van der Waals surface area contributed by atoms with Crippen LogP contribution in [0, 0.1) is 0 Å². The fourth-order valence-electron chi connectivity index (χ4n) is 2.68. The van der Waals surface area contributed by atoms with Gasteiger partial charge in [-0.2, -0.15) is 0 Å². The summed E-state index contributed by atoms with van der Waals surface area (Å²) in [7, 11) is 0.